The summed E-state index contributed by atoms with van der Waals surface area (Å²) < 4.78 is 19.2. The third kappa shape index (κ3) is 2.39. The first kappa shape index (κ1) is 13.1. The number of para-hydroxylation sites is 1. The third-order valence-corrected chi connectivity index (χ3v) is 3.62. The monoisotopic (exact) mass is 272 g/mol. The second-order valence-corrected chi connectivity index (χ2v) is 4.95. The first-order valence-corrected chi connectivity index (χ1v) is 6.82. The van der Waals surface area contributed by atoms with Gasteiger partial charge in [-0.15, -0.1) is 0 Å². The minimum Gasteiger partial charge on any atom is -0.493 e. The summed E-state index contributed by atoms with van der Waals surface area (Å²) in [5.41, 5.74) is 3.06. The van der Waals surface area contributed by atoms with Crippen molar-refractivity contribution in [3.63, 3.8) is 0 Å². The summed E-state index contributed by atoms with van der Waals surface area (Å²) in [5.74, 6) is 0.607. The molecule has 0 fully saturated rings. The number of aryl methyl sites for hydroxylation is 1. The molecule has 1 aliphatic heterocycles. The Morgan fingerprint density at radius 2 is 2.25 bits per heavy atom. The Kier molecular flexibility index (Phi) is 3.65. The van der Waals surface area contributed by atoms with Crippen LogP contribution in [0.5, 0.6) is 5.75 Å². The van der Waals surface area contributed by atoms with Crippen molar-refractivity contribution in [2.24, 2.45) is 0 Å². The van der Waals surface area contributed by atoms with Gasteiger partial charge in [0.05, 0.1) is 18.8 Å². The number of nitrogens with zero attached hydrogens (tertiary/aromatic N) is 1. The quantitative estimate of drug-likeness (QED) is 0.933. The smallest absolute Gasteiger partial charge is 0.141 e. The Morgan fingerprint density at radius 3 is 3.05 bits per heavy atom. The maximum atomic E-state index is 13.4. The minimum absolute atomic E-state index is 0.119. The number of fused-ring (bicyclic) bond motifs is 1. The summed E-state index contributed by atoms with van der Waals surface area (Å²) in [5, 5.41) is 3.23. The standard InChI is InChI=1S/C16H17FN2O/c1-18-15(12-8-13(17)10-19-9-12)14-6-2-4-11-5-3-7-20-16(11)14/h2,4,6,8-10,15,18H,3,5,7H2,1H3. The molecule has 3 rings (SSSR count). The molecule has 0 saturated carbocycles. The highest BCUT2D eigenvalue weighted by Crippen LogP contribution is 2.35. The predicted molar refractivity (Wildman–Crippen MR) is 75.4 cm³/mol. The Hall–Kier alpha value is -1.94. The summed E-state index contributed by atoms with van der Waals surface area (Å²) in [6.07, 6.45) is 4.98. The van der Waals surface area contributed by atoms with E-state index in [9.17, 15) is 4.39 Å². The summed E-state index contributed by atoms with van der Waals surface area (Å²) in [4.78, 5) is 3.93. The van der Waals surface area contributed by atoms with Gasteiger partial charge in [0.2, 0.25) is 0 Å². The van der Waals surface area contributed by atoms with Crippen molar-refractivity contribution >= 4 is 0 Å². The molecule has 1 N–H and O–H groups in total. The fourth-order valence-electron chi connectivity index (χ4n) is 2.73. The van der Waals surface area contributed by atoms with Crippen LogP contribution in [-0.4, -0.2) is 18.6 Å². The number of benzene rings is 1. The van der Waals surface area contributed by atoms with E-state index in [4.69, 9.17) is 4.74 Å². The SMILES string of the molecule is CNC(c1cncc(F)c1)c1cccc2c1OCCC2. The van der Waals surface area contributed by atoms with Crippen LogP contribution in [0.25, 0.3) is 0 Å². The molecule has 104 valence electrons. The number of halogens is 1. The highest BCUT2D eigenvalue weighted by atomic mass is 19.1. The highest BCUT2D eigenvalue weighted by molar-refractivity contribution is 5.47. The lowest BCUT2D eigenvalue weighted by Gasteiger charge is -2.25. The van der Waals surface area contributed by atoms with Crippen LogP contribution < -0.4 is 10.1 Å². The van der Waals surface area contributed by atoms with Gasteiger partial charge in [-0.2, -0.15) is 0 Å². The maximum absolute atomic E-state index is 13.4. The van der Waals surface area contributed by atoms with Gasteiger partial charge in [0.25, 0.3) is 0 Å². The Balaban J connectivity index is 2.06. The Bertz CT molecular complexity index is 615. The lowest BCUT2D eigenvalue weighted by Crippen LogP contribution is -2.21. The molecule has 0 saturated heterocycles. The molecule has 1 atom stereocenters. The van der Waals surface area contributed by atoms with E-state index in [2.05, 4.69) is 16.4 Å². The molecule has 1 aromatic carbocycles. The number of nitrogens with one attached hydrogen (secondary N) is 1. The lowest BCUT2D eigenvalue weighted by molar-refractivity contribution is 0.283. The number of pyridine rings is 1. The Labute approximate surface area is 117 Å². The lowest BCUT2D eigenvalue weighted by atomic mass is 9.94. The second kappa shape index (κ2) is 5.59. The molecule has 4 heteroatoms. The van der Waals surface area contributed by atoms with Crippen molar-refractivity contribution in [1.82, 2.24) is 10.3 Å². The van der Waals surface area contributed by atoms with E-state index in [-0.39, 0.29) is 11.9 Å². The second-order valence-electron chi connectivity index (χ2n) is 4.95. The highest BCUT2D eigenvalue weighted by Gasteiger charge is 2.21. The average Bonchev–Trinajstić information content (AvgIpc) is 2.48. The van der Waals surface area contributed by atoms with Gasteiger partial charge in [-0.05, 0) is 37.1 Å². The molecule has 1 aromatic heterocycles. The van der Waals surface area contributed by atoms with Gasteiger partial charge in [-0.25, -0.2) is 4.39 Å². The van der Waals surface area contributed by atoms with Gasteiger partial charge < -0.3 is 10.1 Å². The van der Waals surface area contributed by atoms with Gasteiger partial charge in [0, 0.05) is 11.8 Å². The zero-order valence-electron chi connectivity index (χ0n) is 11.4. The molecule has 0 radical (unpaired) electrons. The first-order chi connectivity index (χ1) is 9.79. The van der Waals surface area contributed by atoms with E-state index in [1.165, 1.54) is 17.8 Å². The van der Waals surface area contributed by atoms with Crippen LogP contribution in [0.2, 0.25) is 0 Å². The van der Waals surface area contributed by atoms with Gasteiger partial charge in [-0.1, -0.05) is 18.2 Å². The predicted octanol–water partition coefficient (Wildman–Crippen LogP) is 2.85. The zero-order valence-corrected chi connectivity index (χ0v) is 11.4. The summed E-state index contributed by atoms with van der Waals surface area (Å²) in [6.45, 7) is 0.738. The van der Waals surface area contributed by atoms with E-state index in [1.54, 1.807) is 6.20 Å². The molecule has 2 aromatic rings. The number of ether oxygens (including phenoxy) is 1. The van der Waals surface area contributed by atoms with Crippen molar-refractivity contribution in [3.05, 3.63) is 59.2 Å². The average molecular weight is 272 g/mol. The van der Waals surface area contributed by atoms with Gasteiger partial charge >= 0.3 is 0 Å². The molecule has 20 heavy (non-hydrogen) atoms. The molecule has 0 amide bonds. The molecule has 0 spiro atoms. The van der Waals surface area contributed by atoms with Crippen molar-refractivity contribution in [1.29, 1.82) is 0 Å². The van der Waals surface area contributed by atoms with E-state index in [1.807, 2.05) is 19.2 Å². The van der Waals surface area contributed by atoms with Crippen molar-refractivity contribution in [2.45, 2.75) is 18.9 Å². The van der Waals surface area contributed by atoms with Crippen LogP contribution in [0.3, 0.4) is 0 Å². The topological polar surface area (TPSA) is 34.2 Å². The van der Waals surface area contributed by atoms with E-state index < -0.39 is 0 Å². The molecular formula is C16H17FN2O. The number of hydrogen-bond acceptors (Lipinski definition) is 3. The van der Waals surface area contributed by atoms with E-state index in [0.29, 0.717) is 0 Å². The van der Waals surface area contributed by atoms with Crippen LogP contribution in [0, 0.1) is 5.82 Å². The third-order valence-electron chi connectivity index (χ3n) is 3.62. The van der Waals surface area contributed by atoms with Crippen LogP contribution >= 0.6 is 0 Å². The van der Waals surface area contributed by atoms with Gasteiger partial charge in [-0.3, -0.25) is 4.98 Å². The zero-order chi connectivity index (χ0) is 13.9. The normalized spacial score (nSPS) is 15.3. The van der Waals surface area contributed by atoms with Crippen LogP contribution in [0.15, 0.2) is 36.7 Å². The molecular weight excluding hydrogens is 255 g/mol. The van der Waals surface area contributed by atoms with E-state index in [0.717, 1.165) is 36.3 Å². The molecule has 3 nitrogen and oxygen atoms in total. The number of aromatic nitrogens is 1. The summed E-state index contributed by atoms with van der Waals surface area (Å²) >= 11 is 0. The maximum Gasteiger partial charge on any atom is 0.141 e. The first-order valence-electron chi connectivity index (χ1n) is 6.82. The van der Waals surface area contributed by atoms with Crippen molar-refractivity contribution < 1.29 is 9.13 Å². The molecule has 0 aliphatic carbocycles. The summed E-state index contributed by atoms with van der Waals surface area (Å²) in [7, 11) is 1.86. The molecule has 1 aliphatic rings. The Morgan fingerprint density at radius 1 is 1.35 bits per heavy atom. The number of hydrogen-bond donors (Lipinski definition) is 1. The molecule has 2 heterocycles. The molecule has 0 bridgehead atoms. The van der Waals surface area contributed by atoms with Crippen molar-refractivity contribution in [2.75, 3.05) is 13.7 Å². The van der Waals surface area contributed by atoms with Crippen LogP contribution in [-0.2, 0) is 6.42 Å². The van der Waals surface area contributed by atoms with Crippen LogP contribution in [0.4, 0.5) is 4.39 Å². The summed E-state index contributed by atoms with van der Waals surface area (Å²) in [6, 6.07) is 7.53. The number of rotatable bonds is 3. The van der Waals surface area contributed by atoms with Gasteiger partial charge in [0.1, 0.15) is 11.6 Å². The van der Waals surface area contributed by atoms with Crippen molar-refractivity contribution in [3.8, 4) is 5.75 Å². The van der Waals surface area contributed by atoms with Crippen LogP contribution in [0.1, 0.15) is 29.2 Å². The molecule has 1 unspecified atom stereocenters. The largest absolute Gasteiger partial charge is 0.493 e. The minimum atomic E-state index is -0.325. The fourth-order valence-corrected chi connectivity index (χ4v) is 2.73. The van der Waals surface area contributed by atoms with E-state index >= 15 is 0 Å². The van der Waals surface area contributed by atoms with Gasteiger partial charge in [0.15, 0.2) is 0 Å². The fraction of sp³-hybridized carbons (Fsp3) is 0.312.